The Morgan fingerprint density at radius 2 is 2.09 bits per heavy atom. The molecule has 0 aromatic heterocycles. The van der Waals surface area contributed by atoms with Crippen molar-refractivity contribution in [1.29, 1.82) is 0 Å². The van der Waals surface area contributed by atoms with E-state index in [1.807, 2.05) is 0 Å². The topological polar surface area (TPSA) is 32.3 Å². The van der Waals surface area contributed by atoms with E-state index >= 15 is 0 Å². The van der Waals surface area contributed by atoms with Crippen LogP contribution in [0.3, 0.4) is 0 Å². The Balaban J connectivity index is 3.74. The molecule has 2 N–H and O–H groups in total. The van der Waals surface area contributed by atoms with Crippen LogP contribution in [0.2, 0.25) is 0 Å². The fourth-order valence-electron chi connectivity index (χ4n) is 0.935. The van der Waals surface area contributed by atoms with Crippen molar-refractivity contribution in [3.8, 4) is 0 Å². The molecular weight excluding hydrogens is 152 g/mol. The van der Waals surface area contributed by atoms with Crippen molar-refractivity contribution >= 4 is 0 Å². The first-order valence-corrected chi connectivity index (χ1v) is 3.67. The molecule has 0 heterocycles. The molecule has 0 aliphatic heterocycles. The van der Waals surface area contributed by atoms with E-state index in [0.29, 0.717) is 0 Å². The minimum atomic E-state index is -1.37. The van der Waals surface area contributed by atoms with Gasteiger partial charge < -0.3 is 5.11 Å². The molecule has 68 valence electrons. The van der Waals surface area contributed by atoms with Crippen molar-refractivity contribution in [2.24, 2.45) is 5.92 Å². The first kappa shape index (κ1) is 10.8. The number of hydrogen-bond donors (Lipinski definition) is 2. The van der Waals surface area contributed by atoms with Crippen molar-refractivity contribution in [2.75, 3.05) is 13.7 Å². The highest BCUT2D eigenvalue weighted by molar-refractivity contribution is 4.67. The molecule has 0 bridgehead atoms. The number of aliphatic hydroxyl groups excluding tert-OH is 1. The van der Waals surface area contributed by atoms with Crippen LogP contribution in [0.25, 0.3) is 0 Å². The SMILES string of the molecule is CNC(F)C(CF)CC(C)O. The summed E-state index contributed by atoms with van der Waals surface area (Å²) in [5.41, 5.74) is 0. The third-order valence-electron chi connectivity index (χ3n) is 1.53. The van der Waals surface area contributed by atoms with E-state index in [2.05, 4.69) is 5.32 Å². The average molecular weight is 167 g/mol. The van der Waals surface area contributed by atoms with Crippen LogP contribution < -0.4 is 5.32 Å². The summed E-state index contributed by atoms with van der Waals surface area (Å²) < 4.78 is 24.8. The molecular formula is C7H15F2NO. The molecule has 0 saturated carbocycles. The third-order valence-corrected chi connectivity index (χ3v) is 1.53. The number of nitrogens with one attached hydrogen (secondary N) is 1. The number of rotatable bonds is 5. The van der Waals surface area contributed by atoms with Gasteiger partial charge in [0.15, 0.2) is 6.30 Å². The van der Waals surface area contributed by atoms with Gasteiger partial charge in [-0.1, -0.05) is 0 Å². The molecule has 0 fully saturated rings. The highest BCUT2D eigenvalue weighted by Gasteiger charge is 2.20. The zero-order chi connectivity index (χ0) is 8.85. The number of halogens is 2. The van der Waals surface area contributed by atoms with Crippen LogP contribution in [0.1, 0.15) is 13.3 Å². The lowest BCUT2D eigenvalue weighted by Gasteiger charge is -2.18. The van der Waals surface area contributed by atoms with Crippen LogP contribution >= 0.6 is 0 Å². The number of aliphatic hydroxyl groups is 1. The lowest BCUT2D eigenvalue weighted by molar-refractivity contribution is 0.0936. The summed E-state index contributed by atoms with van der Waals surface area (Å²) in [5.74, 6) is -0.736. The van der Waals surface area contributed by atoms with E-state index < -0.39 is 25.0 Å². The molecule has 0 aliphatic rings. The van der Waals surface area contributed by atoms with Crippen molar-refractivity contribution in [1.82, 2.24) is 5.32 Å². The van der Waals surface area contributed by atoms with E-state index in [1.165, 1.54) is 14.0 Å². The molecule has 0 saturated heterocycles. The Hall–Kier alpha value is -0.220. The van der Waals surface area contributed by atoms with Crippen molar-refractivity contribution in [3.63, 3.8) is 0 Å². The molecule has 2 nitrogen and oxygen atoms in total. The van der Waals surface area contributed by atoms with Gasteiger partial charge in [0.25, 0.3) is 0 Å². The van der Waals surface area contributed by atoms with E-state index in [1.54, 1.807) is 0 Å². The van der Waals surface area contributed by atoms with Crippen LogP contribution in [0.5, 0.6) is 0 Å². The summed E-state index contributed by atoms with van der Waals surface area (Å²) in [6.45, 7) is 0.776. The summed E-state index contributed by atoms with van der Waals surface area (Å²) in [4.78, 5) is 0. The average Bonchev–Trinajstić information content (AvgIpc) is 1.98. The standard InChI is InChI=1S/C7H15F2NO/c1-5(11)3-6(4-8)7(9)10-2/h5-7,10-11H,3-4H2,1-2H3. The largest absolute Gasteiger partial charge is 0.393 e. The van der Waals surface area contributed by atoms with E-state index in [0.717, 1.165) is 0 Å². The van der Waals surface area contributed by atoms with Gasteiger partial charge in [-0.25, -0.2) is 4.39 Å². The second-order valence-electron chi connectivity index (χ2n) is 2.69. The van der Waals surface area contributed by atoms with Gasteiger partial charge in [-0.2, -0.15) is 0 Å². The zero-order valence-corrected chi connectivity index (χ0v) is 6.85. The Bertz CT molecular complexity index is 100. The molecule has 3 atom stereocenters. The van der Waals surface area contributed by atoms with Crippen molar-refractivity contribution in [3.05, 3.63) is 0 Å². The second kappa shape index (κ2) is 5.43. The van der Waals surface area contributed by atoms with E-state index in [-0.39, 0.29) is 6.42 Å². The summed E-state index contributed by atoms with van der Waals surface area (Å²) in [6, 6.07) is 0. The Morgan fingerprint density at radius 3 is 2.36 bits per heavy atom. The minimum Gasteiger partial charge on any atom is -0.393 e. The van der Waals surface area contributed by atoms with Crippen LogP contribution in [0, 0.1) is 5.92 Å². The van der Waals surface area contributed by atoms with Crippen LogP contribution in [-0.2, 0) is 0 Å². The maximum Gasteiger partial charge on any atom is 0.156 e. The molecule has 3 unspecified atom stereocenters. The van der Waals surface area contributed by atoms with Gasteiger partial charge in [0, 0.05) is 5.92 Å². The van der Waals surface area contributed by atoms with E-state index in [9.17, 15) is 8.78 Å². The van der Waals surface area contributed by atoms with Crippen LogP contribution in [0.15, 0.2) is 0 Å². The minimum absolute atomic E-state index is 0.151. The summed E-state index contributed by atoms with van der Waals surface area (Å²) in [6.07, 6.45) is -1.87. The zero-order valence-electron chi connectivity index (χ0n) is 6.85. The van der Waals surface area contributed by atoms with Gasteiger partial charge >= 0.3 is 0 Å². The molecule has 11 heavy (non-hydrogen) atoms. The highest BCUT2D eigenvalue weighted by Crippen LogP contribution is 2.13. The first-order valence-electron chi connectivity index (χ1n) is 3.67. The van der Waals surface area contributed by atoms with Gasteiger partial charge in [-0.3, -0.25) is 9.71 Å². The second-order valence-corrected chi connectivity index (χ2v) is 2.69. The van der Waals surface area contributed by atoms with Crippen LogP contribution in [0.4, 0.5) is 8.78 Å². The molecule has 0 rings (SSSR count). The van der Waals surface area contributed by atoms with Gasteiger partial charge in [0.05, 0.1) is 12.8 Å². The van der Waals surface area contributed by atoms with Gasteiger partial charge in [0.2, 0.25) is 0 Å². The molecule has 0 aliphatic carbocycles. The quantitative estimate of drug-likeness (QED) is 0.595. The maximum atomic E-state index is 12.7. The monoisotopic (exact) mass is 167 g/mol. The Labute approximate surface area is 65.6 Å². The maximum absolute atomic E-state index is 12.7. The lowest BCUT2D eigenvalue weighted by atomic mass is 10.0. The van der Waals surface area contributed by atoms with Gasteiger partial charge in [-0.15, -0.1) is 0 Å². The smallest absolute Gasteiger partial charge is 0.156 e. The molecule has 0 aromatic rings. The fraction of sp³-hybridized carbons (Fsp3) is 1.00. The molecule has 0 spiro atoms. The number of alkyl halides is 2. The fourth-order valence-corrected chi connectivity index (χ4v) is 0.935. The molecule has 4 heteroatoms. The number of hydrogen-bond acceptors (Lipinski definition) is 2. The highest BCUT2D eigenvalue weighted by atomic mass is 19.1. The molecule has 0 radical (unpaired) electrons. The van der Waals surface area contributed by atoms with Gasteiger partial charge in [-0.05, 0) is 20.4 Å². The Kier molecular flexibility index (Phi) is 5.32. The van der Waals surface area contributed by atoms with Crippen LogP contribution in [-0.4, -0.2) is 31.2 Å². The Morgan fingerprint density at radius 1 is 1.55 bits per heavy atom. The summed E-state index contributed by atoms with van der Waals surface area (Å²) in [7, 11) is 1.43. The predicted molar refractivity (Wildman–Crippen MR) is 39.7 cm³/mol. The normalized spacial score (nSPS) is 19.4. The summed E-state index contributed by atoms with van der Waals surface area (Å²) >= 11 is 0. The van der Waals surface area contributed by atoms with E-state index in [4.69, 9.17) is 5.11 Å². The lowest BCUT2D eigenvalue weighted by Crippen LogP contribution is -2.32. The molecule has 0 amide bonds. The van der Waals surface area contributed by atoms with Gasteiger partial charge in [0.1, 0.15) is 0 Å². The van der Waals surface area contributed by atoms with Crippen molar-refractivity contribution in [2.45, 2.75) is 25.7 Å². The first-order chi connectivity index (χ1) is 5.11. The van der Waals surface area contributed by atoms with Crippen molar-refractivity contribution < 1.29 is 13.9 Å². The molecule has 0 aromatic carbocycles. The predicted octanol–water partition coefficient (Wildman–Crippen LogP) is 0.858. The third kappa shape index (κ3) is 4.27. The summed E-state index contributed by atoms with van der Waals surface area (Å²) in [5, 5.41) is 11.1.